The Morgan fingerprint density at radius 2 is 1.87 bits per heavy atom. The fourth-order valence-electron chi connectivity index (χ4n) is 3.38. The van der Waals surface area contributed by atoms with Crippen LogP contribution in [0.4, 0.5) is 0 Å². The number of hydrogen-bond donors (Lipinski definition) is 3. The van der Waals surface area contributed by atoms with Crippen molar-refractivity contribution < 1.29 is 29.4 Å². The van der Waals surface area contributed by atoms with Crippen LogP contribution < -0.4 is 5.32 Å². The molecule has 0 bridgehead atoms. The van der Waals surface area contributed by atoms with Gasteiger partial charge < -0.3 is 15.1 Å². The molecule has 1 aromatic carbocycles. The Balaban J connectivity index is 1.94. The number of thiophene rings is 1. The summed E-state index contributed by atoms with van der Waals surface area (Å²) in [5.41, 5.74) is 1.56. The molecule has 0 fully saturated rings. The van der Waals surface area contributed by atoms with E-state index in [1.807, 2.05) is 30.3 Å². The van der Waals surface area contributed by atoms with Crippen LogP contribution >= 0.6 is 11.3 Å². The molecule has 1 aliphatic rings. The number of fused-ring (bicyclic) bond motifs is 1. The lowest BCUT2D eigenvalue weighted by Crippen LogP contribution is -2.52. The van der Waals surface area contributed by atoms with Crippen molar-refractivity contribution in [3.8, 4) is 0 Å². The highest BCUT2D eigenvalue weighted by molar-refractivity contribution is 7.10. The first kappa shape index (κ1) is 21.5. The number of amides is 2. The molecule has 1 aromatic heterocycles. The van der Waals surface area contributed by atoms with Crippen LogP contribution in [0, 0.1) is 0 Å². The van der Waals surface area contributed by atoms with Crippen molar-refractivity contribution in [3.63, 3.8) is 0 Å². The molecule has 1 aliphatic heterocycles. The number of rotatable bonds is 6. The quantitative estimate of drug-likeness (QED) is 0.467. The summed E-state index contributed by atoms with van der Waals surface area (Å²) in [6, 6.07) is 9.14. The van der Waals surface area contributed by atoms with Crippen LogP contribution in [0.1, 0.15) is 39.5 Å². The Labute approximate surface area is 176 Å². The molecule has 2 aromatic rings. The van der Waals surface area contributed by atoms with Crippen molar-refractivity contribution in [1.29, 1.82) is 0 Å². The molecule has 3 rings (SSSR count). The highest BCUT2D eigenvalue weighted by Gasteiger charge is 2.36. The Bertz CT molecular complexity index is 974. The SMILES string of the molecule is CC(=O)N(Cc1ccccc1)CN(C(=O)C(=O)O)C1NCCc2c(C(=O)O)csc21. The second-order valence-corrected chi connectivity index (χ2v) is 7.74. The summed E-state index contributed by atoms with van der Waals surface area (Å²) >= 11 is 1.15. The number of nitrogens with one attached hydrogen (secondary N) is 1. The van der Waals surface area contributed by atoms with Crippen molar-refractivity contribution >= 4 is 35.1 Å². The first-order chi connectivity index (χ1) is 14.3. The topological polar surface area (TPSA) is 127 Å². The van der Waals surface area contributed by atoms with Crippen molar-refractivity contribution in [1.82, 2.24) is 15.1 Å². The second-order valence-electron chi connectivity index (χ2n) is 6.83. The summed E-state index contributed by atoms with van der Waals surface area (Å²) in [6.45, 7) is 1.66. The molecule has 1 unspecified atom stereocenters. The number of aliphatic carboxylic acids is 1. The molecule has 158 valence electrons. The van der Waals surface area contributed by atoms with Crippen molar-refractivity contribution in [3.05, 3.63) is 57.3 Å². The molecule has 2 amide bonds. The van der Waals surface area contributed by atoms with E-state index in [0.717, 1.165) is 21.8 Å². The maximum atomic E-state index is 12.5. The summed E-state index contributed by atoms with van der Waals surface area (Å²) in [6.07, 6.45) is -0.389. The van der Waals surface area contributed by atoms with E-state index in [-0.39, 0.29) is 24.7 Å². The fraction of sp³-hybridized carbons (Fsp3) is 0.300. The van der Waals surface area contributed by atoms with E-state index in [0.29, 0.717) is 23.4 Å². The largest absolute Gasteiger partial charge is 0.478 e. The first-order valence-electron chi connectivity index (χ1n) is 9.20. The predicted molar refractivity (Wildman–Crippen MR) is 108 cm³/mol. The molecule has 1 atom stereocenters. The van der Waals surface area contributed by atoms with Gasteiger partial charge in [-0.1, -0.05) is 30.3 Å². The number of aromatic carboxylic acids is 1. The van der Waals surface area contributed by atoms with Gasteiger partial charge in [0.2, 0.25) is 5.91 Å². The normalized spacial score (nSPS) is 15.2. The highest BCUT2D eigenvalue weighted by Crippen LogP contribution is 2.34. The molecule has 0 aliphatic carbocycles. The van der Waals surface area contributed by atoms with Crippen molar-refractivity contribution in [2.24, 2.45) is 0 Å². The molecule has 2 heterocycles. The summed E-state index contributed by atoms with van der Waals surface area (Å²) in [5, 5.41) is 23.3. The maximum Gasteiger partial charge on any atom is 0.394 e. The van der Waals surface area contributed by atoms with E-state index in [9.17, 15) is 29.4 Å². The third-order valence-corrected chi connectivity index (χ3v) is 5.94. The number of hydrogen-bond acceptors (Lipinski definition) is 6. The molecule has 3 N–H and O–H groups in total. The van der Waals surface area contributed by atoms with Crippen molar-refractivity contribution in [2.75, 3.05) is 13.2 Å². The summed E-state index contributed by atoms with van der Waals surface area (Å²) < 4.78 is 0. The van der Waals surface area contributed by atoms with Crippen LogP contribution in [0.2, 0.25) is 0 Å². The lowest BCUT2D eigenvalue weighted by Gasteiger charge is -2.37. The van der Waals surface area contributed by atoms with Gasteiger partial charge in [0.1, 0.15) is 6.17 Å². The zero-order valence-electron chi connectivity index (χ0n) is 16.2. The number of carbonyl (C=O) groups is 4. The molecule has 0 saturated heterocycles. The first-order valence-corrected chi connectivity index (χ1v) is 10.1. The third kappa shape index (κ3) is 4.50. The highest BCUT2D eigenvalue weighted by atomic mass is 32.1. The molecule has 9 nitrogen and oxygen atoms in total. The van der Waals surface area contributed by atoms with Gasteiger partial charge in [0.15, 0.2) is 0 Å². The number of nitrogens with zero attached hydrogens (tertiary/aromatic N) is 2. The van der Waals surface area contributed by atoms with Gasteiger partial charge in [-0.05, 0) is 17.5 Å². The molecular weight excluding hydrogens is 410 g/mol. The third-order valence-electron chi connectivity index (χ3n) is 4.86. The van der Waals surface area contributed by atoms with E-state index >= 15 is 0 Å². The van der Waals surface area contributed by atoms with Crippen LogP contribution in [0.25, 0.3) is 0 Å². The van der Waals surface area contributed by atoms with Gasteiger partial charge in [0, 0.05) is 30.3 Å². The monoisotopic (exact) mass is 431 g/mol. The number of benzene rings is 1. The van der Waals surface area contributed by atoms with Crippen molar-refractivity contribution in [2.45, 2.75) is 26.1 Å². The predicted octanol–water partition coefficient (Wildman–Crippen LogP) is 1.51. The van der Waals surface area contributed by atoms with Gasteiger partial charge in [-0.15, -0.1) is 11.3 Å². The molecule has 0 saturated carbocycles. The maximum absolute atomic E-state index is 12.5. The molecule has 0 spiro atoms. The Morgan fingerprint density at radius 1 is 1.17 bits per heavy atom. The van der Waals surface area contributed by atoms with E-state index in [1.165, 1.54) is 17.2 Å². The van der Waals surface area contributed by atoms with Crippen LogP contribution in [0.5, 0.6) is 0 Å². The minimum atomic E-state index is -1.65. The average molecular weight is 431 g/mol. The second kappa shape index (κ2) is 9.06. The van der Waals surface area contributed by atoms with Gasteiger partial charge >= 0.3 is 17.8 Å². The lowest BCUT2D eigenvalue weighted by molar-refractivity contribution is -0.160. The fourth-order valence-corrected chi connectivity index (χ4v) is 4.56. The van der Waals surface area contributed by atoms with E-state index in [2.05, 4.69) is 5.32 Å². The van der Waals surface area contributed by atoms with Crippen LogP contribution in [0.3, 0.4) is 0 Å². The van der Waals surface area contributed by atoms with Crippen LogP contribution in [-0.2, 0) is 27.3 Å². The Kier molecular flexibility index (Phi) is 6.48. The van der Waals surface area contributed by atoms with Gasteiger partial charge in [-0.3, -0.25) is 19.8 Å². The Hall–Kier alpha value is -3.24. The smallest absolute Gasteiger partial charge is 0.394 e. The van der Waals surface area contributed by atoms with E-state index in [1.54, 1.807) is 0 Å². The molecule has 0 radical (unpaired) electrons. The van der Waals surface area contributed by atoms with E-state index < -0.39 is 24.0 Å². The Morgan fingerprint density at radius 3 is 2.47 bits per heavy atom. The zero-order valence-corrected chi connectivity index (χ0v) is 17.0. The van der Waals surface area contributed by atoms with Gasteiger partial charge in [0.25, 0.3) is 0 Å². The van der Waals surface area contributed by atoms with Gasteiger partial charge in [-0.25, -0.2) is 9.59 Å². The van der Waals surface area contributed by atoms with Crippen LogP contribution in [-0.4, -0.2) is 57.0 Å². The van der Waals surface area contributed by atoms with E-state index in [4.69, 9.17) is 0 Å². The lowest BCUT2D eigenvalue weighted by atomic mass is 10.0. The number of carbonyl (C=O) groups excluding carboxylic acids is 2. The van der Waals surface area contributed by atoms with Crippen LogP contribution in [0.15, 0.2) is 35.7 Å². The van der Waals surface area contributed by atoms with Gasteiger partial charge in [-0.2, -0.15) is 0 Å². The molecule has 30 heavy (non-hydrogen) atoms. The molecular formula is C20H21N3O6S. The summed E-state index contributed by atoms with van der Waals surface area (Å²) in [4.78, 5) is 50.8. The molecule has 10 heteroatoms. The summed E-state index contributed by atoms with van der Waals surface area (Å²) in [5.74, 6) is -4.22. The average Bonchev–Trinajstić information content (AvgIpc) is 3.16. The standard InChI is InChI=1S/C20H21N3O6S/c1-12(24)22(9-13-5-3-2-4-6-13)11-23(18(25)20(28)29)17-16-14(7-8-21-17)15(10-30-16)19(26)27/h2-6,10,17,21H,7-9,11H2,1H3,(H,26,27)(H,28,29). The zero-order chi connectivity index (χ0) is 21.8. The summed E-state index contributed by atoms with van der Waals surface area (Å²) in [7, 11) is 0. The van der Waals surface area contributed by atoms with Gasteiger partial charge in [0.05, 0.1) is 12.2 Å². The minimum absolute atomic E-state index is 0.150. The minimum Gasteiger partial charge on any atom is -0.478 e. The number of carboxylic acids is 2. The number of carboxylic acid groups (broad SMARTS) is 2.